The average molecular weight is 138 g/mol. The molecule has 0 atom stereocenters. The molecule has 0 bridgehead atoms. The van der Waals surface area contributed by atoms with Gasteiger partial charge in [0.2, 0.25) is 0 Å². The van der Waals surface area contributed by atoms with Gasteiger partial charge in [0.1, 0.15) is 0 Å². The quantitative estimate of drug-likeness (QED) is 0.574. The zero-order chi connectivity index (χ0) is 7.40. The predicted octanol–water partition coefficient (Wildman–Crippen LogP) is -0.219. The van der Waals surface area contributed by atoms with Gasteiger partial charge < -0.3 is 5.11 Å². The van der Waals surface area contributed by atoms with Gasteiger partial charge >= 0.3 is 0 Å². The number of aliphatic hydroxyl groups is 1. The van der Waals surface area contributed by atoms with E-state index in [4.69, 9.17) is 5.11 Å². The molecule has 1 heterocycles. The number of carbonyl (C=O) groups is 1. The van der Waals surface area contributed by atoms with E-state index in [9.17, 15) is 4.79 Å². The Morgan fingerprint density at radius 2 is 2.10 bits per heavy atom. The molecular weight excluding hydrogens is 132 g/mol. The van der Waals surface area contributed by atoms with Crippen LogP contribution in [0.2, 0.25) is 0 Å². The Balaban J connectivity index is 2.90. The average Bonchev–Trinajstić information content (AvgIpc) is 2.05. The summed E-state index contributed by atoms with van der Waals surface area (Å²) in [7, 11) is 0. The van der Waals surface area contributed by atoms with Crippen LogP contribution in [0.4, 0.5) is 0 Å². The minimum atomic E-state index is -0.0981. The van der Waals surface area contributed by atoms with Gasteiger partial charge in [-0.1, -0.05) is 0 Å². The minimum absolute atomic E-state index is 0.0981. The summed E-state index contributed by atoms with van der Waals surface area (Å²) in [6.07, 6.45) is 3.38. The van der Waals surface area contributed by atoms with E-state index in [1.165, 1.54) is 12.4 Å². The summed E-state index contributed by atoms with van der Waals surface area (Å²) >= 11 is 0. The van der Waals surface area contributed by atoms with Crippen LogP contribution in [0.5, 0.6) is 0 Å². The monoisotopic (exact) mass is 138 g/mol. The lowest BCUT2D eigenvalue weighted by atomic mass is 10.4. The molecule has 4 heteroatoms. The fourth-order valence-corrected chi connectivity index (χ4v) is 0.507. The van der Waals surface area contributed by atoms with Crippen molar-refractivity contribution in [3.8, 4) is 0 Å². The highest BCUT2D eigenvalue weighted by Crippen LogP contribution is 1.92. The molecule has 52 valence electrons. The van der Waals surface area contributed by atoms with E-state index in [0.717, 1.165) is 0 Å². The van der Waals surface area contributed by atoms with Crippen LogP contribution in [0.1, 0.15) is 16.2 Å². The number of aliphatic hydroxyl groups excluding tert-OH is 1. The fraction of sp³-hybridized carbons (Fsp3) is 0.167. The highest BCUT2D eigenvalue weighted by atomic mass is 16.3. The molecule has 0 fully saturated rings. The maximum Gasteiger partial charge on any atom is 0.192 e. The number of aromatic nitrogens is 2. The summed E-state index contributed by atoms with van der Waals surface area (Å²) in [5.74, 6) is 0.136. The van der Waals surface area contributed by atoms with Gasteiger partial charge in [-0.25, -0.2) is 9.97 Å². The molecular formula is C6H6N2O2. The second-order valence-corrected chi connectivity index (χ2v) is 1.73. The Labute approximate surface area is 57.6 Å². The van der Waals surface area contributed by atoms with Crippen molar-refractivity contribution in [2.75, 3.05) is 0 Å². The van der Waals surface area contributed by atoms with Gasteiger partial charge in [-0.15, -0.1) is 0 Å². The van der Waals surface area contributed by atoms with Crippen molar-refractivity contribution in [2.45, 2.75) is 6.61 Å². The van der Waals surface area contributed by atoms with E-state index in [2.05, 4.69) is 9.97 Å². The number of aldehydes is 1. The van der Waals surface area contributed by atoms with Crippen molar-refractivity contribution in [1.82, 2.24) is 9.97 Å². The summed E-state index contributed by atoms with van der Waals surface area (Å²) in [4.78, 5) is 17.3. The molecule has 0 spiro atoms. The van der Waals surface area contributed by atoms with Gasteiger partial charge in [0.25, 0.3) is 0 Å². The van der Waals surface area contributed by atoms with Crippen molar-refractivity contribution in [1.29, 1.82) is 0 Å². The van der Waals surface area contributed by atoms with Gasteiger partial charge in [-0.2, -0.15) is 0 Å². The highest BCUT2D eigenvalue weighted by Gasteiger charge is 1.92. The summed E-state index contributed by atoms with van der Waals surface area (Å²) in [6.45, 7) is -0.0981. The summed E-state index contributed by atoms with van der Waals surface area (Å²) in [5.41, 5.74) is 0.602. The first-order chi connectivity index (χ1) is 4.86. The van der Waals surface area contributed by atoms with Crippen LogP contribution in [-0.4, -0.2) is 21.4 Å². The smallest absolute Gasteiger partial charge is 0.192 e. The molecule has 0 aliphatic heterocycles. The van der Waals surface area contributed by atoms with Gasteiger partial charge in [-0.3, -0.25) is 4.79 Å². The van der Waals surface area contributed by atoms with Crippen LogP contribution in [-0.2, 0) is 6.61 Å². The maximum absolute atomic E-state index is 10.0. The van der Waals surface area contributed by atoms with E-state index in [0.29, 0.717) is 11.8 Å². The SMILES string of the molecule is O=Cc1ncc(CO)cn1. The van der Waals surface area contributed by atoms with Crippen molar-refractivity contribution in [2.24, 2.45) is 0 Å². The third kappa shape index (κ3) is 1.35. The molecule has 10 heavy (non-hydrogen) atoms. The first-order valence-corrected chi connectivity index (χ1v) is 2.74. The third-order valence-electron chi connectivity index (χ3n) is 1.01. The van der Waals surface area contributed by atoms with E-state index in [1.807, 2.05) is 0 Å². The summed E-state index contributed by atoms with van der Waals surface area (Å²) in [6, 6.07) is 0. The van der Waals surface area contributed by atoms with Gasteiger partial charge in [0, 0.05) is 18.0 Å². The molecule has 0 aromatic carbocycles. The zero-order valence-corrected chi connectivity index (χ0v) is 5.19. The Kier molecular flexibility index (Phi) is 2.07. The van der Waals surface area contributed by atoms with Crippen molar-refractivity contribution in [3.05, 3.63) is 23.8 Å². The van der Waals surface area contributed by atoms with Crippen molar-refractivity contribution < 1.29 is 9.90 Å². The van der Waals surface area contributed by atoms with Gasteiger partial charge in [0.05, 0.1) is 6.61 Å². The van der Waals surface area contributed by atoms with E-state index in [1.54, 1.807) is 0 Å². The predicted molar refractivity (Wildman–Crippen MR) is 33.3 cm³/mol. The highest BCUT2D eigenvalue weighted by molar-refractivity contribution is 5.68. The Hall–Kier alpha value is -1.29. The zero-order valence-electron chi connectivity index (χ0n) is 5.19. The van der Waals surface area contributed by atoms with Crippen LogP contribution in [0, 0.1) is 0 Å². The van der Waals surface area contributed by atoms with Crippen molar-refractivity contribution >= 4 is 6.29 Å². The lowest BCUT2D eigenvalue weighted by molar-refractivity contribution is 0.111. The molecule has 1 aromatic rings. The Morgan fingerprint density at radius 3 is 2.50 bits per heavy atom. The van der Waals surface area contributed by atoms with Gasteiger partial charge in [0.15, 0.2) is 12.1 Å². The van der Waals surface area contributed by atoms with Crippen LogP contribution in [0.15, 0.2) is 12.4 Å². The Morgan fingerprint density at radius 1 is 1.50 bits per heavy atom. The topological polar surface area (TPSA) is 63.1 Å². The molecule has 1 aromatic heterocycles. The fourth-order valence-electron chi connectivity index (χ4n) is 0.507. The minimum Gasteiger partial charge on any atom is -0.392 e. The molecule has 0 aliphatic rings. The third-order valence-corrected chi connectivity index (χ3v) is 1.01. The van der Waals surface area contributed by atoms with Crippen LogP contribution < -0.4 is 0 Å². The molecule has 0 unspecified atom stereocenters. The summed E-state index contributed by atoms with van der Waals surface area (Å²) in [5, 5.41) is 8.53. The Bertz CT molecular complexity index is 220. The lowest BCUT2D eigenvalue weighted by Gasteiger charge is -1.91. The molecule has 0 radical (unpaired) electrons. The van der Waals surface area contributed by atoms with E-state index < -0.39 is 0 Å². The summed E-state index contributed by atoms with van der Waals surface area (Å²) < 4.78 is 0. The van der Waals surface area contributed by atoms with Gasteiger partial charge in [-0.05, 0) is 0 Å². The maximum atomic E-state index is 10.0. The second-order valence-electron chi connectivity index (χ2n) is 1.73. The molecule has 0 amide bonds. The van der Waals surface area contributed by atoms with Crippen LogP contribution >= 0.6 is 0 Å². The molecule has 0 saturated heterocycles. The standard InChI is InChI=1S/C6H6N2O2/c9-3-5-1-7-6(4-10)8-2-5/h1-2,4,9H,3H2. The lowest BCUT2D eigenvalue weighted by Crippen LogP contribution is -1.93. The number of rotatable bonds is 2. The number of carbonyl (C=O) groups excluding carboxylic acids is 1. The molecule has 1 rings (SSSR count). The van der Waals surface area contributed by atoms with E-state index >= 15 is 0 Å². The van der Waals surface area contributed by atoms with Crippen molar-refractivity contribution in [3.63, 3.8) is 0 Å². The number of hydrogen-bond donors (Lipinski definition) is 1. The number of nitrogens with zero attached hydrogens (tertiary/aromatic N) is 2. The van der Waals surface area contributed by atoms with Crippen LogP contribution in [0.3, 0.4) is 0 Å². The second kappa shape index (κ2) is 3.03. The largest absolute Gasteiger partial charge is 0.392 e. The first kappa shape index (κ1) is 6.82. The first-order valence-electron chi connectivity index (χ1n) is 2.74. The number of hydrogen-bond acceptors (Lipinski definition) is 4. The van der Waals surface area contributed by atoms with Crippen LogP contribution in [0.25, 0.3) is 0 Å². The molecule has 0 aliphatic carbocycles. The van der Waals surface area contributed by atoms with E-state index in [-0.39, 0.29) is 12.4 Å². The normalized spacial score (nSPS) is 9.30. The molecule has 4 nitrogen and oxygen atoms in total. The molecule has 1 N–H and O–H groups in total. The molecule has 0 saturated carbocycles.